The minimum absolute atomic E-state index is 0.00272. The zero-order valence-electron chi connectivity index (χ0n) is 12.7. The van der Waals surface area contributed by atoms with Crippen molar-refractivity contribution in [1.29, 1.82) is 0 Å². The van der Waals surface area contributed by atoms with Crippen molar-refractivity contribution in [3.8, 4) is 0 Å². The van der Waals surface area contributed by atoms with Gasteiger partial charge in [0.15, 0.2) is 9.84 Å². The molecule has 3 rings (SSSR count). The average Bonchev–Trinajstić information content (AvgIpc) is 3.23. The number of hydrogen-bond donors (Lipinski definition) is 1. The first-order valence-electron chi connectivity index (χ1n) is 7.72. The predicted octanol–water partition coefficient (Wildman–Crippen LogP) is 0.987. The van der Waals surface area contributed by atoms with E-state index in [0.717, 1.165) is 25.1 Å². The molecule has 0 aromatic carbocycles. The molecule has 0 radical (unpaired) electrons. The summed E-state index contributed by atoms with van der Waals surface area (Å²) in [6, 6.07) is 3.87. The molecule has 1 aromatic heterocycles. The van der Waals surface area contributed by atoms with Crippen LogP contribution in [0.1, 0.15) is 36.7 Å². The first kappa shape index (κ1) is 15.3. The standard InChI is InChI=1S/C15H21N3O3S/c1-2-18(13-7-8-22(20,21)10-13)12-5-6-14(16-9-12)15(19)17-11-3-4-11/h5-6,9,11,13H,2-4,7-8,10H2,1H3,(H,17,19). The van der Waals surface area contributed by atoms with Gasteiger partial charge < -0.3 is 10.2 Å². The quantitative estimate of drug-likeness (QED) is 0.874. The summed E-state index contributed by atoms with van der Waals surface area (Å²) in [6.45, 7) is 2.72. The molecule has 1 aromatic rings. The van der Waals surface area contributed by atoms with Gasteiger partial charge in [-0.3, -0.25) is 4.79 Å². The van der Waals surface area contributed by atoms with Crippen LogP contribution in [0.5, 0.6) is 0 Å². The Kier molecular flexibility index (Phi) is 4.08. The van der Waals surface area contributed by atoms with Crippen molar-refractivity contribution < 1.29 is 13.2 Å². The van der Waals surface area contributed by atoms with Gasteiger partial charge in [0.1, 0.15) is 5.69 Å². The maximum absolute atomic E-state index is 11.9. The smallest absolute Gasteiger partial charge is 0.270 e. The Labute approximate surface area is 130 Å². The number of nitrogens with one attached hydrogen (secondary N) is 1. The van der Waals surface area contributed by atoms with Gasteiger partial charge in [0.05, 0.1) is 23.4 Å². The van der Waals surface area contributed by atoms with Crippen molar-refractivity contribution in [2.45, 2.75) is 38.3 Å². The van der Waals surface area contributed by atoms with E-state index in [1.54, 1.807) is 12.3 Å². The lowest BCUT2D eigenvalue weighted by atomic mass is 10.2. The van der Waals surface area contributed by atoms with Gasteiger partial charge in [-0.25, -0.2) is 13.4 Å². The monoisotopic (exact) mass is 323 g/mol. The minimum atomic E-state index is -2.91. The van der Waals surface area contributed by atoms with E-state index in [1.165, 1.54) is 0 Å². The number of hydrogen-bond acceptors (Lipinski definition) is 5. The number of aromatic nitrogens is 1. The SMILES string of the molecule is CCN(c1ccc(C(=O)NC2CC2)nc1)C1CCS(=O)(=O)C1. The van der Waals surface area contributed by atoms with Crippen molar-refractivity contribution in [3.05, 3.63) is 24.0 Å². The second-order valence-electron chi connectivity index (χ2n) is 5.99. The molecular formula is C15H21N3O3S. The largest absolute Gasteiger partial charge is 0.367 e. The predicted molar refractivity (Wildman–Crippen MR) is 84.8 cm³/mol. The van der Waals surface area contributed by atoms with Crippen molar-refractivity contribution in [3.63, 3.8) is 0 Å². The van der Waals surface area contributed by atoms with Gasteiger partial charge in [-0.2, -0.15) is 0 Å². The van der Waals surface area contributed by atoms with Gasteiger partial charge in [-0.05, 0) is 38.3 Å². The van der Waals surface area contributed by atoms with Crippen LogP contribution in [0.3, 0.4) is 0 Å². The van der Waals surface area contributed by atoms with Crippen LogP contribution in [-0.2, 0) is 9.84 Å². The molecule has 2 aliphatic rings. The molecule has 0 spiro atoms. The van der Waals surface area contributed by atoms with Crippen molar-refractivity contribution in [2.24, 2.45) is 0 Å². The molecule has 1 saturated carbocycles. The Bertz CT molecular complexity index is 653. The Hall–Kier alpha value is -1.63. The highest BCUT2D eigenvalue weighted by Gasteiger charge is 2.32. The lowest BCUT2D eigenvalue weighted by Gasteiger charge is -2.28. The molecule has 1 N–H and O–H groups in total. The summed E-state index contributed by atoms with van der Waals surface area (Å²) < 4.78 is 23.3. The summed E-state index contributed by atoms with van der Waals surface area (Å²) in [4.78, 5) is 18.2. The number of rotatable bonds is 5. The van der Waals surface area contributed by atoms with Gasteiger partial charge in [0.2, 0.25) is 0 Å². The van der Waals surface area contributed by atoms with E-state index in [0.29, 0.717) is 18.2 Å². The fraction of sp³-hybridized carbons (Fsp3) is 0.600. The first-order chi connectivity index (χ1) is 10.5. The number of nitrogens with zero attached hydrogens (tertiary/aromatic N) is 2. The van der Waals surface area contributed by atoms with Crippen molar-refractivity contribution in [1.82, 2.24) is 10.3 Å². The number of amides is 1. The summed E-state index contributed by atoms with van der Waals surface area (Å²) in [5.74, 6) is 0.314. The normalized spacial score (nSPS) is 23.2. The molecule has 2 heterocycles. The Balaban J connectivity index is 1.71. The molecule has 1 aliphatic carbocycles. The first-order valence-corrected chi connectivity index (χ1v) is 9.54. The molecule has 2 fully saturated rings. The number of carbonyl (C=O) groups excluding carboxylic acids is 1. The van der Waals surface area contributed by atoms with Gasteiger partial charge in [0.25, 0.3) is 5.91 Å². The summed E-state index contributed by atoms with van der Waals surface area (Å²) in [5, 5.41) is 2.90. The van der Waals surface area contributed by atoms with E-state index in [2.05, 4.69) is 15.2 Å². The van der Waals surface area contributed by atoms with Crippen LogP contribution >= 0.6 is 0 Å². The van der Waals surface area contributed by atoms with Crippen molar-refractivity contribution in [2.75, 3.05) is 23.0 Å². The molecular weight excluding hydrogens is 302 g/mol. The van der Waals surface area contributed by atoms with E-state index in [9.17, 15) is 13.2 Å². The fourth-order valence-corrected chi connectivity index (χ4v) is 4.58. The number of sulfone groups is 1. The minimum Gasteiger partial charge on any atom is -0.367 e. The maximum atomic E-state index is 11.9. The second-order valence-corrected chi connectivity index (χ2v) is 8.22. The fourth-order valence-electron chi connectivity index (χ4n) is 2.85. The van der Waals surface area contributed by atoms with Gasteiger partial charge >= 0.3 is 0 Å². The lowest BCUT2D eigenvalue weighted by Crippen LogP contribution is -2.36. The van der Waals surface area contributed by atoms with E-state index in [-0.39, 0.29) is 23.5 Å². The summed E-state index contributed by atoms with van der Waals surface area (Å²) in [7, 11) is -2.91. The molecule has 1 atom stereocenters. The van der Waals surface area contributed by atoms with Crippen molar-refractivity contribution >= 4 is 21.4 Å². The molecule has 1 aliphatic heterocycles. The van der Waals surface area contributed by atoms with E-state index < -0.39 is 9.84 Å². The van der Waals surface area contributed by atoms with Crippen LogP contribution in [-0.4, -0.2) is 49.4 Å². The number of pyridine rings is 1. The van der Waals surface area contributed by atoms with Crippen LogP contribution in [0.4, 0.5) is 5.69 Å². The molecule has 120 valence electrons. The third-order valence-corrected chi connectivity index (χ3v) is 5.96. The third-order valence-electron chi connectivity index (χ3n) is 4.21. The second kappa shape index (κ2) is 5.87. The maximum Gasteiger partial charge on any atom is 0.270 e. The van der Waals surface area contributed by atoms with Crippen LogP contribution in [0, 0.1) is 0 Å². The zero-order chi connectivity index (χ0) is 15.7. The summed E-state index contributed by atoms with van der Waals surface area (Å²) in [5.41, 5.74) is 1.28. The van der Waals surface area contributed by atoms with Crippen LogP contribution in [0.2, 0.25) is 0 Å². The lowest BCUT2D eigenvalue weighted by molar-refractivity contribution is 0.0946. The Morgan fingerprint density at radius 1 is 1.36 bits per heavy atom. The highest BCUT2D eigenvalue weighted by Crippen LogP contribution is 2.24. The zero-order valence-corrected chi connectivity index (χ0v) is 13.5. The van der Waals surface area contributed by atoms with Crippen LogP contribution in [0.25, 0.3) is 0 Å². The summed E-state index contributed by atoms with van der Waals surface area (Å²) in [6.07, 6.45) is 4.41. The van der Waals surface area contributed by atoms with Gasteiger partial charge in [0, 0.05) is 18.6 Å². The topological polar surface area (TPSA) is 79.4 Å². The molecule has 1 unspecified atom stereocenters. The molecule has 0 bridgehead atoms. The molecule has 1 amide bonds. The number of carbonyl (C=O) groups is 1. The van der Waals surface area contributed by atoms with E-state index >= 15 is 0 Å². The summed E-state index contributed by atoms with van der Waals surface area (Å²) >= 11 is 0. The van der Waals surface area contributed by atoms with Crippen LogP contribution < -0.4 is 10.2 Å². The van der Waals surface area contributed by atoms with E-state index in [1.807, 2.05) is 13.0 Å². The molecule has 7 heteroatoms. The van der Waals surface area contributed by atoms with Gasteiger partial charge in [-0.1, -0.05) is 0 Å². The average molecular weight is 323 g/mol. The molecule has 6 nitrogen and oxygen atoms in total. The highest BCUT2D eigenvalue weighted by atomic mass is 32.2. The van der Waals surface area contributed by atoms with Gasteiger partial charge in [-0.15, -0.1) is 0 Å². The van der Waals surface area contributed by atoms with Crippen LogP contribution in [0.15, 0.2) is 18.3 Å². The molecule has 22 heavy (non-hydrogen) atoms. The molecule has 1 saturated heterocycles. The third kappa shape index (κ3) is 3.40. The Morgan fingerprint density at radius 2 is 2.14 bits per heavy atom. The number of anilines is 1. The Morgan fingerprint density at radius 3 is 2.64 bits per heavy atom. The highest BCUT2D eigenvalue weighted by molar-refractivity contribution is 7.91. The van der Waals surface area contributed by atoms with E-state index in [4.69, 9.17) is 0 Å².